The van der Waals surface area contributed by atoms with Crippen molar-refractivity contribution in [3.8, 4) is 5.75 Å². The average molecular weight is 448 g/mol. The molecule has 0 fully saturated rings. The monoisotopic (exact) mass is 447 g/mol. The molecule has 0 saturated carbocycles. The third-order valence-corrected chi connectivity index (χ3v) is 5.96. The summed E-state index contributed by atoms with van der Waals surface area (Å²) in [5.41, 5.74) is 8.44. The molecule has 0 aliphatic rings. The highest BCUT2D eigenvalue weighted by molar-refractivity contribution is 6.31. The quantitative estimate of drug-likeness (QED) is 0.344. The Morgan fingerprint density at radius 1 is 0.969 bits per heavy atom. The third-order valence-electron chi connectivity index (χ3n) is 5.60. The number of ether oxygens (including phenoxy) is 1. The van der Waals surface area contributed by atoms with Crippen LogP contribution in [0.15, 0.2) is 72.3 Å². The van der Waals surface area contributed by atoms with E-state index in [-0.39, 0.29) is 0 Å². The van der Waals surface area contributed by atoms with Gasteiger partial charge in [0.05, 0.1) is 7.11 Å². The Kier molecular flexibility index (Phi) is 8.04. The molecular formula is C29H34ClNO. The molecule has 2 nitrogen and oxygen atoms in total. The normalized spacial score (nSPS) is 10.9. The Hall–Kier alpha value is -2.71. The smallest absolute Gasteiger partial charge is 0.119 e. The zero-order valence-electron chi connectivity index (χ0n) is 20.1. The van der Waals surface area contributed by atoms with Crippen molar-refractivity contribution in [2.75, 3.05) is 12.0 Å². The van der Waals surface area contributed by atoms with Crippen molar-refractivity contribution in [1.29, 1.82) is 0 Å². The summed E-state index contributed by atoms with van der Waals surface area (Å²) in [5, 5.41) is 0.782. The van der Waals surface area contributed by atoms with E-state index in [2.05, 4.69) is 82.0 Å². The summed E-state index contributed by atoms with van der Waals surface area (Å²) < 4.78 is 5.45. The second kappa shape index (κ2) is 10.7. The minimum Gasteiger partial charge on any atom is -0.497 e. The number of benzene rings is 3. The van der Waals surface area contributed by atoms with Crippen molar-refractivity contribution in [2.24, 2.45) is 5.92 Å². The van der Waals surface area contributed by atoms with Gasteiger partial charge in [-0.05, 0) is 79.6 Å². The molecule has 0 aromatic heterocycles. The topological polar surface area (TPSA) is 12.5 Å². The molecule has 0 atom stereocenters. The second-order valence-electron chi connectivity index (χ2n) is 8.97. The summed E-state index contributed by atoms with van der Waals surface area (Å²) in [6.07, 6.45) is 1.09. The molecule has 0 N–H and O–H groups in total. The molecular weight excluding hydrogens is 414 g/mol. The highest BCUT2D eigenvalue weighted by atomic mass is 35.5. The standard InChI is InChI=1S/C29H34ClNO/c1-20(2)17-23-11-13-24(14-12-23)29(21(3)4)31(19-25-9-7-8-10-27(25)30)28-16-15-26(32-6)18-22(28)5/h7-16,18,20H,17,19H2,1-6H3. The fourth-order valence-corrected chi connectivity index (χ4v) is 4.32. The van der Waals surface area contributed by atoms with Crippen LogP contribution in [-0.4, -0.2) is 7.11 Å². The first kappa shape index (κ1) is 23.9. The zero-order valence-corrected chi connectivity index (χ0v) is 20.8. The van der Waals surface area contributed by atoms with Crippen molar-refractivity contribution in [2.45, 2.75) is 47.6 Å². The van der Waals surface area contributed by atoms with Gasteiger partial charge in [0.15, 0.2) is 0 Å². The molecule has 3 rings (SSSR count). The van der Waals surface area contributed by atoms with Gasteiger partial charge in [0, 0.05) is 23.0 Å². The highest BCUT2D eigenvalue weighted by Crippen LogP contribution is 2.35. The Labute approximate surface area is 198 Å². The molecule has 0 aliphatic heterocycles. The van der Waals surface area contributed by atoms with Crippen molar-refractivity contribution in [1.82, 2.24) is 0 Å². The van der Waals surface area contributed by atoms with Gasteiger partial charge in [-0.15, -0.1) is 0 Å². The van der Waals surface area contributed by atoms with E-state index < -0.39 is 0 Å². The molecule has 32 heavy (non-hydrogen) atoms. The molecule has 3 aromatic rings. The number of methoxy groups -OCH3 is 1. The number of allylic oxidation sites excluding steroid dienone is 1. The number of nitrogens with zero attached hydrogens (tertiary/aromatic N) is 1. The summed E-state index contributed by atoms with van der Waals surface area (Å²) >= 11 is 6.58. The van der Waals surface area contributed by atoms with E-state index in [0.717, 1.165) is 34.0 Å². The van der Waals surface area contributed by atoms with Crippen LogP contribution in [0.2, 0.25) is 5.02 Å². The molecule has 0 aliphatic carbocycles. The van der Waals surface area contributed by atoms with Crippen molar-refractivity contribution < 1.29 is 4.74 Å². The number of rotatable bonds is 8. The number of hydrogen-bond acceptors (Lipinski definition) is 2. The maximum Gasteiger partial charge on any atom is 0.119 e. The fourth-order valence-electron chi connectivity index (χ4n) is 4.12. The molecule has 0 radical (unpaired) electrons. The minimum atomic E-state index is 0.641. The first-order valence-electron chi connectivity index (χ1n) is 11.2. The van der Waals surface area contributed by atoms with Crippen LogP contribution in [0, 0.1) is 12.8 Å². The van der Waals surface area contributed by atoms with Crippen LogP contribution in [0.4, 0.5) is 5.69 Å². The number of hydrogen-bond donors (Lipinski definition) is 0. The van der Waals surface area contributed by atoms with Gasteiger partial charge in [0.2, 0.25) is 0 Å². The van der Waals surface area contributed by atoms with E-state index in [1.807, 2.05) is 24.3 Å². The van der Waals surface area contributed by atoms with E-state index in [0.29, 0.717) is 12.5 Å². The summed E-state index contributed by atoms with van der Waals surface area (Å²) in [6.45, 7) is 11.7. The van der Waals surface area contributed by atoms with Crippen LogP contribution in [0.1, 0.15) is 49.9 Å². The molecule has 3 aromatic carbocycles. The van der Waals surface area contributed by atoms with Crippen LogP contribution in [-0.2, 0) is 13.0 Å². The molecule has 0 heterocycles. The first-order chi connectivity index (χ1) is 15.3. The van der Waals surface area contributed by atoms with Crippen LogP contribution in [0.5, 0.6) is 5.75 Å². The second-order valence-corrected chi connectivity index (χ2v) is 9.38. The van der Waals surface area contributed by atoms with Gasteiger partial charge >= 0.3 is 0 Å². The van der Waals surface area contributed by atoms with Crippen LogP contribution >= 0.6 is 11.6 Å². The summed E-state index contributed by atoms with van der Waals surface area (Å²) in [4.78, 5) is 2.38. The lowest BCUT2D eigenvalue weighted by Crippen LogP contribution is -2.23. The van der Waals surface area contributed by atoms with Gasteiger partial charge in [-0.25, -0.2) is 0 Å². The van der Waals surface area contributed by atoms with Gasteiger partial charge < -0.3 is 9.64 Å². The van der Waals surface area contributed by atoms with Crippen molar-refractivity contribution >= 4 is 23.0 Å². The number of halogens is 1. The number of anilines is 1. The Morgan fingerprint density at radius 3 is 2.22 bits per heavy atom. The van der Waals surface area contributed by atoms with Crippen LogP contribution < -0.4 is 9.64 Å². The predicted molar refractivity (Wildman–Crippen MR) is 139 cm³/mol. The Morgan fingerprint density at radius 2 is 1.66 bits per heavy atom. The molecule has 0 amide bonds. The summed E-state index contributed by atoms with van der Waals surface area (Å²) in [5.74, 6) is 1.50. The van der Waals surface area contributed by atoms with Gasteiger partial charge in [0.1, 0.15) is 5.75 Å². The fraction of sp³-hybridized carbons (Fsp3) is 0.310. The average Bonchev–Trinajstić information content (AvgIpc) is 2.75. The summed E-state index contributed by atoms with van der Waals surface area (Å²) in [7, 11) is 1.70. The van der Waals surface area contributed by atoms with Crippen molar-refractivity contribution in [3.05, 3.63) is 99.6 Å². The molecule has 3 heteroatoms. The summed E-state index contributed by atoms with van der Waals surface area (Å²) in [6, 6.07) is 23.3. The van der Waals surface area contributed by atoms with Gasteiger partial charge in [0.25, 0.3) is 0 Å². The Balaban J connectivity index is 2.11. The van der Waals surface area contributed by atoms with E-state index in [4.69, 9.17) is 16.3 Å². The predicted octanol–water partition coefficient (Wildman–Crippen LogP) is 8.31. The maximum absolute atomic E-state index is 6.58. The van der Waals surface area contributed by atoms with E-state index in [1.54, 1.807) is 7.11 Å². The molecule has 168 valence electrons. The molecule has 0 spiro atoms. The molecule has 0 unspecified atom stereocenters. The third kappa shape index (κ3) is 5.75. The van der Waals surface area contributed by atoms with Crippen molar-refractivity contribution in [3.63, 3.8) is 0 Å². The number of aryl methyl sites for hydroxylation is 1. The van der Waals surface area contributed by atoms with E-state index >= 15 is 0 Å². The first-order valence-corrected chi connectivity index (χ1v) is 11.6. The lowest BCUT2D eigenvalue weighted by atomic mass is 9.98. The Bertz CT molecular complexity index is 1080. The van der Waals surface area contributed by atoms with Gasteiger partial charge in [-0.1, -0.05) is 73.5 Å². The minimum absolute atomic E-state index is 0.641. The lowest BCUT2D eigenvalue weighted by molar-refractivity contribution is 0.414. The maximum atomic E-state index is 6.58. The van der Waals surface area contributed by atoms with Gasteiger partial charge in [-0.2, -0.15) is 0 Å². The molecule has 0 bridgehead atoms. The van der Waals surface area contributed by atoms with Crippen LogP contribution in [0.3, 0.4) is 0 Å². The molecule has 0 saturated heterocycles. The van der Waals surface area contributed by atoms with Crippen LogP contribution in [0.25, 0.3) is 5.70 Å². The zero-order chi connectivity index (χ0) is 23.3. The SMILES string of the molecule is COc1ccc(N(Cc2ccccc2Cl)C(=C(C)C)c2ccc(CC(C)C)cc2)c(C)c1. The van der Waals surface area contributed by atoms with Gasteiger partial charge in [-0.3, -0.25) is 0 Å². The lowest BCUT2D eigenvalue weighted by Gasteiger charge is -2.31. The van der Waals surface area contributed by atoms with E-state index in [1.165, 1.54) is 22.4 Å². The highest BCUT2D eigenvalue weighted by Gasteiger charge is 2.19. The van der Waals surface area contributed by atoms with E-state index in [9.17, 15) is 0 Å². The largest absolute Gasteiger partial charge is 0.497 e.